The largest absolute Gasteiger partial charge is 0.319 e. The molecular formula is C11H20Cl2F2N4. The number of nitrogens with one attached hydrogen (secondary N) is 1. The summed E-state index contributed by atoms with van der Waals surface area (Å²) in [6.07, 6.45) is 2.76. The molecule has 0 saturated carbocycles. The second kappa shape index (κ2) is 7.99. The van der Waals surface area contributed by atoms with Gasteiger partial charge in [0.2, 0.25) is 0 Å². The Morgan fingerprint density at radius 1 is 1.32 bits per heavy atom. The van der Waals surface area contributed by atoms with Gasteiger partial charge in [0.05, 0.1) is 6.54 Å². The van der Waals surface area contributed by atoms with E-state index in [-0.39, 0.29) is 24.8 Å². The second-order valence-corrected chi connectivity index (χ2v) is 4.69. The number of hydrogen-bond donors (Lipinski definition) is 1. The third kappa shape index (κ3) is 4.87. The third-order valence-corrected chi connectivity index (χ3v) is 2.96. The molecule has 2 rings (SSSR count). The van der Waals surface area contributed by atoms with Crippen LogP contribution in [0.25, 0.3) is 0 Å². The van der Waals surface area contributed by atoms with Crippen molar-refractivity contribution in [3.63, 3.8) is 0 Å². The van der Waals surface area contributed by atoms with Gasteiger partial charge in [0.25, 0.3) is 0 Å². The molecule has 1 aliphatic rings. The molecule has 19 heavy (non-hydrogen) atoms. The van der Waals surface area contributed by atoms with Crippen LogP contribution in [0.4, 0.5) is 8.78 Å². The van der Waals surface area contributed by atoms with Crippen LogP contribution in [0.15, 0.2) is 12.4 Å². The van der Waals surface area contributed by atoms with Gasteiger partial charge in [0.15, 0.2) is 0 Å². The maximum atomic E-state index is 12.7. The van der Waals surface area contributed by atoms with Gasteiger partial charge in [0.1, 0.15) is 5.82 Å². The molecule has 0 amide bonds. The molecule has 1 aliphatic heterocycles. The number of rotatable bonds is 3. The zero-order valence-corrected chi connectivity index (χ0v) is 12.6. The minimum atomic E-state index is -2.51. The van der Waals surface area contributed by atoms with Gasteiger partial charge in [-0.15, -0.1) is 24.8 Å². The van der Waals surface area contributed by atoms with Crippen LogP contribution in [0.5, 0.6) is 0 Å². The molecule has 0 aromatic carbocycles. The number of aromatic nitrogens is 2. The number of nitrogens with zero attached hydrogens (tertiary/aromatic N) is 3. The minimum absolute atomic E-state index is 0. The lowest BCUT2D eigenvalue weighted by molar-refractivity contribution is 0.0620. The van der Waals surface area contributed by atoms with E-state index in [4.69, 9.17) is 0 Å². The highest BCUT2D eigenvalue weighted by Gasteiger charge is 2.22. The average molecular weight is 317 g/mol. The SMILES string of the molecule is CC1CN(Cc2nccn2C(F)F)CC(C)N1.Cl.Cl. The van der Waals surface area contributed by atoms with Crippen molar-refractivity contribution in [1.82, 2.24) is 19.8 Å². The summed E-state index contributed by atoms with van der Waals surface area (Å²) < 4.78 is 26.2. The molecule has 1 aromatic heterocycles. The Bertz CT molecular complexity index is 365. The summed E-state index contributed by atoms with van der Waals surface area (Å²) in [6, 6.07) is 0.766. The van der Waals surface area contributed by atoms with E-state index >= 15 is 0 Å². The Hall–Kier alpha value is -0.430. The highest BCUT2D eigenvalue weighted by atomic mass is 35.5. The standard InChI is InChI=1S/C11H18F2N4.2ClH/c1-8-5-16(6-9(2)15-8)7-10-14-3-4-17(10)11(12)13;;/h3-4,8-9,11,15H,5-7H2,1-2H3;2*1H. The maximum absolute atomic E-state index is 12.7. The van der Waals surface area contributed by atoms with Gasteiger partial charge in [-0.2, -0.15) is 8.78 Å². The molecule has 8 heteroatoms. The van der Waals surface area contributed by atoms with Crippen molar-refractivity contribution in [3.05, 3.63) is 18.2 Å². The summed E-state index contributed by atoms with van der Waals surface area (Å²) >= 11 is 0. The Balaban J connectivity index is 0.00000162. The van der Waals surface area contributed by atoms with E-state index in [0.717, 1.165) is 17.7 Å². The van der Waals surface area contributed by atoms with E-state index in [9.17, 15) is 8.78 Å². The monoisotopic (exact) mass is 316 g/mol. The Labute approximate surface area is 124 Å². The van der Waals surface area contributed by atoms with Crippen LogP contribution >= 0.6 is 24.8 Å². The fourth-order valence-corrected chi connectivity index (χ4v) is 2.41. The van der Waals surface area contributed by atoms with Crippen LogP contribution < -0.4 is 5.32 Å². The molecule has 0 aliphatic carbocycles. The predicted octanol–water partition coefficient (Wildman–Crippen LogP) is 2.30. The number of hydrogen-bond acceptors (Lipinski definition) is 3. The Morgan fingerprint density at radius 3 is 2.42 bits per heavy atom. The molecule has 0 radical (unpaired) electrons. The Morgan fingerprint density at radius 2 is 1.89 bits per heavy atom. The van der Waals surface area contributed by atoms with Gasteiger partial charge in [-0.05, 0) is 13.8 Å². The zero-order valence-electron chi connectivity index (χ0n) is 10.9. The molecule has 0 bridgehead atoms. The summed E-state index contributed by atoms with van der Waals surface area (Å²) in [6.45, 7) is 3.89. The maximum Gasteiger partial charge on any atom is 0.319 e. The third-order valence-electron chi connectivity index (χ3n) is 2.96. The van der Waals surface area contributed by atoms with Crippen molar-refractivity contribution in [2.24, 2.45) is 0 Å². The van der Waals surface area contributed by atoms with Crippen LogP contribution in [0.2, 0.25) is 0 Å². The number of imidazole rings is 1. The summed E-state index contributed by atoms with van der Waals surface area (Å²) in [4.78, 5) is 6.16. The van der Waals surface area contributed by atoms with Gasteiger partial charge in [-0.3, -0.25) is 9.47 Å². The van der Waals surface area contributed by atoms with E-state index in [1.807, 2.05) is 0 Å². The summed E-state index contributed by atoms with van der Waals surface area (Å²) in [5, 5.41) is 3.41. The normalized spacial score (nSPS) is 23.8. The van der Waals surface area contributed by atoms with Crippen molar-refractivity contribution in [2.45, 2.75) is 39.0 Å². The summed E-state index contributed by atoms with van der Waals surface area (Å²) in [5.41, 5.74) is 0. The summed E-state index contributed by atoms with van der Waals surface area (Å²) in [7, 11) is 0. The van der Waals surface area contributed by atoms with Crippen molar-refractivity contribution < 1.29 is 8.78 Å². The van der Waals surface area contributed by atoms with Crippen LogP contribution in [0, 0.1) is 0 Å². The topological polar surface area (TPSA) is 33.1 Å². The fourth-order valence-electron chi connectivity index (χ4n) is 2.41. The van der Waals surface area contributed by atoms with Crippen molar-refractivity contribution in [2.75, 3.05) is 13.1 Å². The molecule has 1 aromatic rings. The minimum Gasteiger partial charge on any atom is -0.309 e. The van der Waals surface area contributed by atoms with Gasteiger partial charge in [-0.1, -0.05) is 0 Å². The fraction of sp³-hybridized carbons (Fsp3) is 0.727. The average Bonchev–Trinajstić information content (AvgIpc) is 2.63. The van der Waals surface area contributed by atoms with Gasteiger partial charge in [-0.25, -0.2) is 4.98 Å². The van der Waals surface area contributed by atoms with E-state index in [0.29, 0.717) is 24.5 Å². The van der Waals surface area contributed by atoms with Crippen molar-refractivity contribution in [3.8, 4) is 0 Å². The molecular weight excluding hydrogens is 297 g/mol. The van der Waals surface area contributed by atoms with Crippen LogP contribution in [-0.2, 0) is 6.54 Å². The van der Waals surface area contributed by atoms with Crippen molar-refractivity contribution >= 4 is 24.8 Å². The second-order valence-electron chi connectivity index (χ2n) is 4.69. The molecule has 2 atom stereocenters. The van der Waals surface area contributed by atoms with Crippen molar-refractivity contribution in [1.29, 1.82) is 0 Å². The van der Waals surface area contributed by atoms with E-state index in [1.54, 1.807) is 0 Å². The molecule has 1 saturated heterocycles. The number of piperazine rings is 1. The predicted molar refractivity (Wildman–Crippen MR) is 75.3 cm³/mol. The van der Waals surface area contributed by atoms with Crippen LogP contribution in [0.3, 0.4) is 0 Å². The van der Waals surface area contributed by atoms with Gasteiger partial charge < -0.3 is 5.32 Å². The number of alkyl halides is 2. The molecule has 1 N–H and O–H groups in total. The lowest BCUT2D eigenvalue weighted by Gasteiger charge is -2.35. The molecule has 112 valence electrons. The number of halogens is 4. The lowest BCUT2D eigenvalue weighted by atomic mass is 10.1. The van der Waals surface area contributed by atoms with E-state index in [1.165, 1.54) is 12.4 Å². The van der Waals surface area contributed by atoms with Gasteiger partial charge >= 0.3 is 6.55 Å². The smallest absolute Gasteiger partial charge is 0.309 e. The summed E-state index contributed by atoms with van der Waals surface area (Å²) in [5.74, 6) is 0.432. The Kier molecular flexibility index (Phi) is 7.81. The quantitative estimate of drug-likeness (QED) is 0.929. The lowest BCUT2D eigenvalue weighted by Crippen LogP contribution is -2.53. The van der Waals surface area contributed by atoms with E-state index < -0.39 is 6.55 Å². The highest BCUT2D eigenvalue weighted by Crippen LogP contribution is 2.15. The molecule has 1 fully saturated rings. The molecule has 0 spiro atoms. The molecule has 2 unspecified atom stereocenters. The molecule has 4 nitrogen and oxygen atoms in total. The zero-order chi connectivity index (χ0) is 12.4. The van der Waals surface area contributed by atoms with Crippen LogP contribution in [0.1, 0.15) is 26.2 Å². The first-order valence-corrected chi connectivity index (χ1v) is 5.84. The first-order chi connectivity index (χ1) is 8.06. The first kappa shape index (κ1) is 18.6. The van der Waals surface area contributed by atoms with E-state index in [2.05, 4.69) is 29.0 Å². The first-order valence-electron chi connectivity index (χ1n) is 5.84. The van der Waals surface area contributed by atoms with Gasteiger partial charge in [0, 0.05) is 37.6 Å². The van der Waals surface area contributed by atoms with Crippen LogP contribution in [-0.4, -0.2) is 39.6 Å². The highest BCUT2D eigenvalue weighted by molar-refractivity contribution is 5.85. The molecule has 2 heterocycles.